The number of carbonyl (C=O) groups is 2. The fraction of sp³-hybridized carbons (Fsp3) is 0.276. The van der Waals surface area contributed by atoms with Crippen molar-refractivity contribution in [2.24, 2.45) is 5.41 Å². The van der Waals surface area contributed by atoms with Crippen molar-refractivity contribution in [1.82, 2.24) is 19.7 Å². The zero-order valence-electron chi connectivity index (χ0n) is 20.7. The van der Waals surface area contributed by atoms with Crippen molar-refractivity contribution in [3.8, 4) is 5.82 Å². The normalized spacial score (nSPS) is 15.2. The number of rotatable bonds is 7. The molecule has 0 spiro atoms. The molecular weight excluding hydrogens is 466 g/mol. The monoisotopic (exact) mass is 495 g/mol. The first-order valence-corrected chi connectivity index (χ1v) is 12.5. The number of carboxylic acids is 1. The summed E-state index contributed by atoms with van der Waals surface area (Å²) >= 11 is 0. The molecule has 0 atom stereocenters. The molecule has 1 aliphatic rings. The van der Waals surface area contributed by atoms with Crippen LogP contribution in [0.4, 0.5) is 5.82 Å². The zero-order chi connectivity index (χ0) is 25.8. The lowest BCUT2D eigenvalue weighted by Crippen LogP contribution is -2.40. The van der Waals surface area contributed by atoms with Crippen molar-refractivity contribution >= 4 is 34.7 Å². The van der Waals surface area contributed by atoms with Gasteiger partial charge in [-0.2, -0.15) is 5.10 Å². The highest BCUT2D eigenvalue weighted by Gasteiger charge is 2.39. The van der Waals surface area contributed by atoms with Crippen molar-refractivity contribution in [3.05, 3.63) is 83.8 Å². The Morgan fingerprint density at radius 2 is 1.89 bits per heavy atom. The highest BCUT2D eigenvalue weighted by atomic mass is 16.4. The molecule has 0 saturated heterocycles. The lowest BCUT2D eigenvalue weighted by molar-refractivity contribution is -0.131. The summed E-state index contributed by atoms with van der Waals surface area (Å²) in [7, 11) is 0. The highest BCUT2D eigenvalue weighted by Crippen LogP contribution is 2.40. The first kappa shape index (κ1) is 24.4. The van der Waals surface area contributed by atoms with Crippen molar-refractivity contribution < 1.29 is 14.7 Å². The number of nitrogens with one attached hydrogen (secondary N) is 1. The number of para-hydroxylation sites is 1. The molecule has 2 N–H and O–H groups in total. The van der Waals surface area contributed by atoms with Crippen LogP contribution >= 0.6 is 0 Å². The Hall–Kier alpha value is -4.33. The molecule has 8 nitrogen and oxygen atoms in total. The van der Waals surface area contributed by atoms with E-state index in [1.165, 1.54) is 6.08 Å². The fourth-order valence-corrected chi connectivity index (χ4v) is 5.18. The first-order chi connectivity index (χ1) is 17.9. The number of benzene rings is 1. The number of carboxylic acid groups (broad SMARTS) is 1. The number of anilines is 1. The number of amides is 1. The Morgan fingerprint density at radius 3 is 2.65 bits per heavy atom. The van der Waals surface area contributed by atoms with Crippen LogP contribution in [0.15, 0.2) is 67.0 Å². The van der Waals surface area contributed by atoms with E-state index in [0.717, 1.165) is 60.5 Å². The van der Waals surface area contributed by atoms with Crippen LogP contribution in [0.25, 0.3) is 22.8 Å². The number of nitrogens with zero attached hydrogens (tertiary/aromatic N) is 4. The van der Waals surface area contributed by atoms with Crippen LogP contribution in [0.2, 0.25) is 0 Å². The van der Waals surface area contributed by atoms with Crippen LogP contribution in [0.5, 0.6) is 0 Å². The number of aliphatic carboxylic acids is 1. The summed E-state index contributed by atoms with van der Waals surface area (Å²) < 4.78 is 1.82. The van der Waals surface area contributed by atoms with Crippen LogP contribution in [0.3, 0.4) is 0 Å². The van der Waals surface area contributed by atoms with Gasteiger partial charge in [-0.3, -0.25) is 4.79 Å². The Morgan fingerprint density at radius 1 is 1.08 bits per heavy atom. The molecule has 0 unspecified atom stereocenters. The molecule has 4 aromatic rings. The predicted molar refractivity (Wildman–Crippen MR) is 142 cm³/mol. The molecule has 8 heteroatoms. The number of hydrogen-bond acceptors (Lipinski definition) is 5. The van der Waals surface area contributed by atoms with E-state index in [9.17, 15) is 9.59 Å². The molecular formula is C29H29N5O3. The molecule has 0 aliphatic heterocycles. The number of aryl methyl sites for hydroxylation is 1. The molecule has 3 aromatic heterocycles. The van der Waals surface area contributed by atoms with Crippen molar-refractivity contribution in [1.29, 1.82) is 0 Å². The van der Waals surface area contributed by atoms with Gasteiger partial charge in [0.15, 0.2) is 5.82 Å². The average molecular weight is 496 g/mol. The van der Waals surface area contributed by atoms with Crippen LogP contribution in [-0.2, 0) is 16.0 Å². The van der Waals surface area contributed by atoms with E-state index in [2.05, 4.69) is 20.4 Å². The van der Waals surface area contributed by atoms with Gasteiger partial charge in [0.1, 0.15) is 5.82 Å². The summed E-state index contributed by atoms with van der Waals surface area (Å²) in [6, 6.07) is 15.5. The SMILES string of the molecule is Cc1cc(/C=C/C(=O)O)cc(NC(=O)C2(Cc3ccc(-n4ncc5ccccc54)nc3)CCCCC2)n1. The van der Waals surface area contributed by atoms with Gasteiger partial charge in [-0.1, -0.05) is 43.5 Å². The summed E-state index contributed by atoms with van der Waals surface area (Å²) in [6.07, 6.45) is 11.5. The number of fused-ring (bicyclic) bond motifs is 1. The molecule has 1 aromatic carbocycles. The van der Waals surface area contributed by atoms with E-state index in [-0.39, 0.29) is 5.91 Å². The van der Waals surface area contributed by atoms with Gasteiger partial charge >= 0.3 is 5.97 Å². The fourth-order valence-electron chi connectivity index (χ4n) is 5.18. The van der Waals surface area contributed by atoms with Gasteiger partial charge in [-0.05, 0) is 67.7 Å². The average Bonchev–Trinajstić information content (AvgIpc) is 3.32. The maximum absolute atomic E-state index is 13.7. The third-order valence-corrected chi connectivity index (χ3v) is 6.97. The van der Waals surface area contributed by atoms with Crippen molar-refractivity contribution in [3.63, 3.8) is 0 Å². The summed E-state index contributed by atoms with van der Waals surface area (Å²) in [5.74, 6) is 0.0826. The molecule has 188 valence electrons. The van der Waals surface area contributed by atoms with E-state index < -0.39 is 11.4 Å². The minimum absolute atomic E-state index is 0.0550. The maximum atomic E-state index is 13.7. The highest BCUT2D eigenvalue weighted by molar-refractivity contribution is 5.95. The third kappa shape index (κ3) is 5.43. The number of carbonyl (C=O) groups excluding carboxylic acids is 1. The van der Waals surface area contributed by atoms with Gasteiger partial charge in [-0.15, -0.1) is 0 Å². The van der Waals surface area contributed by atoms with Gasteiger partial charge in [-0.25, -0.2) is 19.4 Å². The molecule has 1 aliphatic carbocycles. The quantitative estimate of drug-likeness (QED) is 0.334. The second-order valence-electron chi connectivity index (χ2n) is 9.71. The van der Waals surface area contributed by atoms with Gasteiger partial charge in [0.2, 0.25) is 5.91 Å². The minimum atomic E-state index is -1.03. The number of pyridine rings is 2. The third-order valence-electron chi connectivity index (χ3n) is 6.97. The van der Waals surface area contributed by atoms with Crippen LogP contribution < -0.4 is 5.32 Å². The van der Waals surface area contributed by atoms with Gasteiger partial charge in [0.05, 0.1) is 17.1 Å². The van der Waals surface area contributed by atoms with E-state index in [1.54, 1.807) is 12.1 Å². The summed E-state index contributed by atoms with van der Waals surface area (Å²) in [4.78, 5) is 33.7. The van der Waals surface area contributed by atoms with E-state index in [1.807, 2.05) is 60.4 Å². The van der Waals surface area contributed by atoms with E-state index >= 15 is 0 Å². The molecule has 3 heterocycles. The van der Waals surface area contributed by atoms with Crippen molar-refractivity contribution in [2.45, 2.75) is 45.4 Å². The molecule has 37 heavy (non-hydrogen) atoms. The Bertz CT molecular complexity index is 1470. The number of aromatic nitrogens is 4. The maximum Gasteiger partial charge on any atom is 0.328 e. The molecule has 1 saturated carbocycles. The van der Waals surface area contributed by atoms with Crippen molar-refractivity contribution in [2.75, 3.05) is 5.32 Å². The summed E-state index contributed by atoms with van der Waals surface area (Å²) in [5, 5.41) is 17.5. The summed E-state index contributed by atoms with van der Waals surface area (Å²) in [6.45, 7) is 1.82. The van der Waals surface area contributed by atoms with E-state index in [4.69, 9.17) is 5.11 Å². The second-order valence-corrected chi connectivity index (χ2v) is 9.71. The van der Waals surface area contributed by atoms with Crippen LogP contribution in [0.1, 0.15) is 48.9 Å². The van der Waals surface area contributed by atoms with E-state index in [0.29, 0.717) is 23.5 Å². The number of hydrogen-bond donors (Lipinski definition) is 2. The lowest BCUT2D eigenvalue weighted by Gasteiger charge is -2.36. The van der Waals surface area contributed by atoms with Crippen LogP contribution in [0, 0.1) is 12.3 Å². The van der Waals surface area contributed by atoms with Gasteiger partial charge in [0.25, 0.3) is 0 Å². The minimum Gasteiger partial charge on any atom is -0.478 e. The molecule has 5 rings (SSSR count). The Balaban J connectivity index is 1.37. The van der Waals surface area contributed by atoms with Gasteiger partial charge < -0.3 is 10.4 Å². The first-order valence-electron chi connectivity index (χ1n) is 12.5. The largest absolute Gasteiger partial charge is 0.478 e. The standard InChI is InChI=1S/C29H29N5O3/c1-20-15-21(10-12-27(35)36)16-25(32-20)33-28(37)29(13-5-2-6-14-29)17-22-9-11-26(30-18-22)34-24-8-4-3-7-23(24)19-31-34/h3-4,7-12,15-16,18-19H,2,5-6,13-14,17H2,1H3,(H,35,36)(H,32,33,37)/b12-10+. The molecule has 1 amide bonds. The smallest absolute Gasteiger partial charge is 0.328 e. The molecule has 1 fully saturated rings. The van der Waals surface area contributed by atoms with Gasteiger partial charge in [0, 0.05) is 23.4 Å². The topological polar surface area (TPSA) is 110 Å². The Kier molecular flexibility index (Phi) is 6.81. The van der Waals surface area contributed by atoms with Crippen LogP contribution in [-0.4, -0.2) is 36.7 Å². The predicted octanol–water partition coefficient (Wildman–Crippen LogP) is 5.35. The summed E-state index contributed by atoms with van der Waals surface area (Å²) in [5.41, 5.74) is 2.82. The zero-order valence-corrected chi connectivity index (χ0v) is 20.7. The molecule has 0 radical (unpaired) electrons. The lowest BCUT2D eigenvalue weighted by atomic mass is 9.70. The second kappa shape index (κ2) is 10.3. The molecule has 0 bridgehead atoms. The Labute approximate surface area is 215 Å².